The third kappa shape index (κ3) is 8.43. The van der Waals surface area contributed by atoms with Crippen LogP contribution in [0.4, 0.5) is 0 Å². The lowest BCUT2D eigenvalue weighted by Crippen LogP contribution is -2.37. The van der Waals surface area contributed by atoms with Crippen molar-refractivity contribution < 1.29 is 9.47 Å². The van der Waals surface area contributed by atoms with Crippen LogP contribution in [0.25, 0.3) is 10.6 Å². The highest BCUT2D eigenvalue weighted by Crippen LogP contribution is 2.23. The van der Waals surface area contributed by atoms with E-state index in [1.54, 1.807) is 25.5 Å². The van der Waals surface area contributed by atoms with Crippen molar-refractivity contribution in [2.45, 2.75) is 13.0 Å². The van der Waals surface area contributed by atoms with Gasteiger partial charge >= 0.3 is 0 Å². The number of aromatic nitrogens is 1. The molecule has 0 saturated carbocycles. The minimum atomic E-state index is 0. The molecular weight excluding hydrogens is 463 g/mol. The Bertz CT molecular complexity index is 637. The summed E-state index contributed by atoms with van der Waals surface area (Å²) < 4.78 is 10.4. The Morgan fingerprint density at radius 3 is 2.69 bits per heavy atom. The molecular formula is C18H27IN4O2S. The minimum Gasteiger partial charge on any atom is -0.382 e. The number of benzene rings is 1. The number of hydrogen-bond donors (Lipinski definition) is 2. The van der Waals surface area contributed by atoms with Crippen molar-refractivity contribution in [2.24, 2.45) is 4.99 Å². The van der Waals surface area contributed by atoms with Crippen molar-refractivity contribution in [3.05, 3.63) is 41.4 Å². The quantitative estimate of drug-likeness (QED) is 0.232. The Balaban J connectivity index is 0.00000338. The SMILES string of the molecule is CN=C(NCCCOCCOC)NCc1csc(-c2ccccc2)n1.I. The smallest absolute Gasteiger partial charge is 0.191 e. The Kier molecular flexibility index (Phi) is 12.2. The zero-order valence-corrected chi connectivity index (χ0v) is 18.4. The van der Waals surface area contributed by atoms with E-state index in [-0.39, 0.29) is 24.0 Å². The number of hydrogen-bond acceptors (Lipinski definition) is 5. The number of nitrogens with one attached hydrogen (secondary N) is 2. The maximum atomic E-state index is 5.43. The second-order valence-electron chi connectivity index (χ2n) is 5.32. The molecule has 0 atom stereocenters. The molecule has 0 unspecified atom stereocenters. The molecule has 8 heteroatoms. The lowest BCUT2D eigenvalue weighted by molar-refractivity contribution is 0.0698. The third-order valence-corrected chi connectivity index (χ3v) is 4.36. The molecule has 2 aromatic rings. The van der Waals surface area contributed by atoms with Gasteiger partial charge in [-0.1, -0.05) is 30.3 Å². The summed E-state index contributed by atoms with van der Waals surface area (Å²) >= 11 is 1.65. The fraction of sp³-hybridized carbons (Fsp3) is 0.444. The van der Waals surface area contributed by atoms with Crippen LogP contribution in [0.5, 0.6) is 0 Å². The highest BCUT2D eigenvalue weighted by molar-refractivity contribution is 14.0. The van der Waals surface area contributed by atoms with Gasteiger partial charge in [0.05, 0.1) is 25.5 Å². The predicted octanol–water partition coefficient (Wildman–Crippen LogP) is 3.15. The average molecular weight is 490 g/mol. The number of guanidine groups is 1. The number of aliphatic imine (C=N–C) groups is 1. The lowest BCUT2D eigenvalue weighted by Gasteiger charge is -2.11. The van der Waals surface area contributed by atoms with Gasteiger partial charge in [0, 0.05) is 38.3 Å². The van der Waals surface area contributed by atoms with E-state index < -0.39 is 0 Å². The Morgan fingerprint density at radius 2 is 1.96 bits per heavy atom. The molecule has 0 bridgehead atoms. The molecule has 26 heavy (non-hydrogen) atoms. The highest BCUT2D eigenvalue weighted by Gasteiger charge is 2.05. The van der Waals surface area contributed by atoms with Crippen LogP contribution in [0.15, 0.2) is 40.7 Å². The second-order valence-corrected chi connectivity index (χ2v) is 6.18. The van der Waals surface area contributed by atoms with Crippen LogP contribution in [0.2, 0.25) is 0 Å². The van der Waals surface area contributed by atoms with E-state index >= 15 is 0 Å². The van der Waals surface area contributed by atoms with Gasteiger partial charge in [-0.2, -0.15) is 0 Å². The van der Waals surface area contributed by atoms with Gasteiger partial charge in [0.15, 0.2) is 5.96 Å². The monoisotopic (exact) mass is 490 g/mol. The standard InChI is InChI=1S/C18H26N4O2S.HI/c1-19-18(20-9-6-10-24-12-11-23-2)21-13-16-14-25-17(22-16)15-7-4-3-5-8-15;/h3-5,7-8,14H,6,9-13H2,1-2H3,(H2,19,20,21);1H. The summed E-state index contributed by atoms with van der Waals surface area (Å²) in [7, 11) is 3.44. The zero-order valence-electron chi connectivity index (χ0n) is 15.2. The topological polar surface area (TPSA) is 67.8 Å². The van der Waals surface area contributed by atoms with E-state index in [0.29, 0.717) is 26.4 Å². The van der Waals surface area contributed by atoms with Gasteiger partial charge in [-0.05, 0) is 6.42 Å². The third-order valence-electron chi connectivity index (χ3n) is 3.42. The molecule has 0 radical (unpaired) electrons. The maximum absolute atomic E-state index is 5.43. The molecule has 1 aromatic carbocycles. The Labute approximate surface area is 176 Å². The van der Waals surface area contributed by atoms with Crippen LogP contribution < -0.4 is 10.6 Å². The second kappa shape index (κ2) is 13.9. The van der Waals surface area contributed by atoms with Gasteiger partial charge in [-0.25, -0.2) is 4.98 Å². The molecule has 0 fully saturated rings. The number of nitrogens with zero attached hydrogens (tertiary/aromatic N) is 2. The van der Waals surface area contributed by atoms with Crippen molar-refractivity contribution in [3.8, 4) is 10.6 Å². The van der Waals surface area contributed by atoms with Crippen molar-refractivity contribution in [3.63, 3.8) is 0 Å². The lowest BCUT2D eigenvalue weighted by atomic mass is 10.2. The molecule has 0 aliphatic carbocycles. The molecule has 0 aliphatic rings. The number of halogens is 1. The summed E-state index contributed by atoms with van der Waals surface area (Å²) in [6, 6.07) is 10.2. The van der Waals surface area contributed by atoms with E-state index in [9.17, 15) is 0 Å². The van der Waals surface area contributed by atoms with E-state index in [2.05, 4.69) is 38.1 Å². The molecule has 6 nitrogen and oxygen atoms in total. The molecule has 2 rings (SSSR count). The van der Waals surface area contributed by atoms with Crippen LogP contribution >= 0.6 is 35.3 Å². The fourth-order valence-corrected chi connectivity index (χ4v) is 2.95. The Hall–Kier alpha value is -1.23. The number of thiazole rings is 1. The predicted molar refractivity (Wildman–Crippen MR) is 118 cm³/mol. The van der Waals surface area contributed by atoms with Gasteiger partial charge in [0.25, 0.3) is 0 Å². The van der Waals surface area contributed by atoms with E-state index in [1.165, 1.54) is 0 Å². The van der Waals surface area contributed by atoms with E-state index in [4.69, 9.17) is 9.47 Å². The molecule has 0 aliphatic heterocycles. The van der Waals surface area contributed by atoms with Crippen molar-refractivity contribution in [1.29, 1.82) is 0 Å². The first kappa shape index (κ1) is 22.8. The molecule has 144 valence electrons. The summed E-state index contributed by atoms with van der Waals surface area (Å²) in [5, 5.41) is 9.67. The van der Waals surface area contributed by atoms with E-state index in [0.717, 1.165) is 35.2 Å². The fourth-order valence-electron chi connectivity index (χ4n) is 2.12. The van der Waals surface area contributed by atoms with Gasteiger partial charge < -0.3 is 20.1 Å². The van der Waals surface area contributed by atoms with Crippen LogP contribution in [0.3, 0.4) is 0 Å². The van der Waals surface area contributed by atoms with Gasteiger partial charge in [0.2, 0.25) is 0 Å². The van der Waals surface area contributed by atoms with Crippen molar-refractivity contribution in [1.82, 2.24) is 15.6 Å². The maximum Gasteiger partial charge on any atom is 0.191 e. The largest absolute Gasteiger partial charge is 0.382 e. The average Bonchev–Trinajstić information content (AvgIpc) is 3.13. The van der Waals surface area contributed by atoms with Crippen molar-refractivity contribution >= 4 is 41.3 Å². The number of methoxy groups -OCH3 is 1. The molecule has 2 N–H and O–H groups in total. The summed E-state index contributed by atoms with van der Waals surface area (Å²) in [6.07, 6.45) is 0.916. The highest BCUT2D eigenvalue weighted by atomic mass is 127. The molecule has 0 spiro atoms. The summed E-state index contributed by atoms with van der Waals surface area (Å²) in [5.74, 6) is 0.770. The number of rotatable bonds is 10. The van der Waals surface area contributed by atoms with Crippen LogP contribution in [-0.2, 0) is 16.0 Å². The molecule has 0 amide bonds. The molecule has 0 saturated heterocycles. The Morgan fingerprint density at radius 1 is 1.15 bits per heavy atom. The van der Waals surface area contributed by atoms with Gasteiger partial charge in [0.1, 0.15) is 5.01 Å². The van der Waals surface area contributed by atoms with Crippen LogP contribution in [0, 0.1) is 0 Å². The zero-order chi connectivity index (χ0) is 17.7. The van der Waals surface area contributed by atoms with Crippen molar-refractivity contribution in [2.75, 3.05) is 40.5 Å². The van der Waals surface area contributed by atoms with Gasteiger partial charge in [-0.3, -0.25) is 4.99 Å². The molecule has 1 heterocycles. The summed E-state index contributed by atoms with van der Waals surface area (Å²) in [6.45, 7) is 3.43. The number of ether oxygens (including phenoxy) is 2. The van der Waals surface area contributed by atoms with Crippen LogP contribution in [-0.4, -0.2) is 51.5 Å². The first-order valence-electron chi connectivity index (χ1n) is 8.34. The minimum absolute atomic E-state index is 0. The first-order chi connectivity index (χ1) is 12.3. The summed E-state index contributed by atoms with van der Waals surface area (Å²) in [5.41, 5.74) is 2.16. The molecule has 1 aromatic heterocycles. The first-order valence-corrected chi connectivity index (χ1v) is 9.22. The van der Waals surface area contributed by atoms with E-state index in [1.807, 2.05) is 18.2 Å². The normalized spacial score (nSPS) is 11.1. The van der Waals surface area contributed by atoms with Gasteiger partial charge in [-0.15, -0.1) is 35.3 Å². The summed E-state index contributed by atoms with van der Waals surface area (Å²) in [4.78, 5) is 8.89. The van der Waals surface area contributed by atoms with Crippen LogP contribution in [0.1, 0.15) is 12.1 Å².